The Balaban J connectivity index is 1.47. The predicted octanol–water partition coefficient (Wildman–Crippen LogP) is 3.73. The van der Waals surface area contributed by atoms with Gasteiger partial charge in [-0.3, -0.25) is 0 Å². The van der Waals surface area contributed by atoms with Crippen molar-refractivity contribution in [3.05, 3.63) is 35.2 Å². The molecule has 0 radical (unpaired) electrons. The molecule has 8 heteroatoms. The Morgan fingerprint density at radius 1 is 1.29 bits per heavy atom. The van der Waals surface area contributed by atoms with E-state index in [9.17, 15) is 4.79 Å². The van der Waals surface area contributed by atoms with E-state index in [1.165, 1.54) is 0 Å². The highest BCUT2D eigenvalue weighted by Gasteiger charge is 2.21. The first-order chi connectivity index (χ1) is 13.5. The smallest absolute Gasteiger partial charge is 0.409 e. The lowest BCUT2D eigenvalue weighted by Gasteiger charge is -2.21. The van der Waals surface area contributed by atoms with Crippen LogP contribution in [0.15, 0.2) is 28.8 Å². The molecule has 1 saturated heterocycles. The fourth-order valence-corrected chi connectivity index (χ4v) is 3.25. The summed E-state index contributed by atoms with van der Waals surface area (Å²) in [5.41, 5.74) is 0.841. The second kappa shape index (κ2) is 9.89. The minimum absolute atomic E-state index is 0.210. The number of hydrogen-bond donors (Lipinski definition) is 0. The van der Waals surface area contributed by atoms with Gasteiger partial charge in [0.15, 0.2) is 0 Å². The van der Waals surface area contributed by atoms with Crippen LogP contribution in [0, 0.1) is 5.92 Å². The van der Waals surface area contributed by atoms with E-state index in [1.807, 2.05) is 38.1 Å². The highest BCUT2D eigenvalue weighted by Crippen LogP contribution is 2.20. The average Bonchev–Trinajstić information content (AvgIpc) is 3.02. The summed E-state index contributed by atoms with van der Waals surface area (Å²) in [6, 6.07) is 7.40. The van der Waals surface area contributed by atoms with Crippen LogP contribution < -0.4 is 0 Å². The lowest BCUT2D eigenvalue weighted by Crippen LogP contribution is -2.36. The Hall–Kier alpha value is -2.12. The molecule has 7 nitrogen and oxygen atoms in total. The van der Waals surface area contributed by atoms with E-state index in [-0.39, 0.29) is 6.09 Å². The number of halogens is 1. The van der Waals surface area contributed by atoms with Gasteiger partial charge in [-0.1, -0.05) is 42.7 Å². The van der Waals surface area contributed by atoms with E-state index in [4.69, 9.17) is 20.9 Å². The molecule has 1 aromatic carbocycles. The fraction of sp³-hybridized carbons (Fsp3) is 0.550. The first-order valence-electron chi connectivity index (χ1n) is 9.74. The molecule has 0 spiro atoms. The second-order valence-corrected chi connectivity index (χ2v) is 7.86. The number of benzene rings is 1. The van der Waals surface area contributed by atoms with E-state index in [0.717, 1.165) is 38.2 Å². The third-order valence-electron chi connectivity index (χ3n) is 4.58. The third-order valence-corrected chi connectivity index (χ3v) is 4.81. The first kappa shape index (κ1) is 20.6. The SMILES string of the molecule is CC(C)COC(=O)N1CCCN(CCc2nc(-c3cccc(Cl)c3)no2)CC1. The molecular formula is C20H27ClN4O3. The second-order valence-electron chi connectivity index (χ2n) is 7.43. The normalized spacial score (nSPS) is 15.6. The zero-order valence-electron chi connectivity index (χ0n) is 16.4. The molecule has 0 saturated carbocycles. The van der Waals surface area contributed by atoms with E-state index in [1.54, 1.807) is 4.90 Å². The van der Waals surface area contributed by atoms with Gasteiger partial charge in [-0.2, -0.15) is 4.98 Å². The molecule has 28 heavy (non-hydrogen) atoms. The highest BCUT2D eigenvalue weighted by atomic mass is 35.5. The van der Waals surface area contributed by atoms with E-state index in [2.05, 4.69) is 15.0 Å². The number of carbonyl (C=O) groups is 1. The van der Waals surface area contributed by atoms with Gasteiger partial charge in [0, 0.05) is 43.2 Å². The van der Waals surface area contributed by atoms with Crippen molar-refractivity contribution in [3.8, 4) is 11.4 Å². The maximum atomic E-state index is 12.1. The minimum atomic E-state index is -0.210. The van der Waals surface area contributed by atoms with Gasteiger partial charge >= 0.3 is 6.09 Å². The van der Waals surface area contributed by atoms with Crippen LogP contribution in [0.25, 0.3) is 11.4 Å². The number of rotatable bonds is 6. The quantitative estimate of drug-likeness (QED) is 0.727. The van der Waals surface area contributed by atoms with E-state index < -0.39 is 0 Å². The van der Waals surface area contributed by atoms with Crippen molar-refractivity contribution in [1.82, 2.24) is 19.9 Å². The van der Waals surface area contributed by atoms with Crippen molar-refractivity contribution in [2.75, 3.05) is 39.3 Å². The maximum absolute atomic E-state index is 12.1. The molecule has 3 rings (SSSR count). The summed E-state index contributed by atoms with van der Waals surface area (Å²) in [6.07, 6.45) is 1.39. The van der Waals surface area contributed by atoms with Crippen LogP contribution in [0.4, 0.5) is 4.79 Å². The molecule has 1 aliphatic heterocycles. The summed E-state index contributed by atoms with van der Waals surface area (Å²) in [6.45, 7) is 8.49. The zero-order valence-corrected chi connectivity index (χ0v) is 17.2. The Kier molecular flexibility index (Phi) is 7.28. The van der Waals surface area contributed by atoms with Crippen LogP contribution in [-0.2, 0) is 11.2 Å². The van der Waals surface area contributed by atoms with Crippen LogP contribution in [0.3, 0.4) is 0 Å². The monoisotopic (exact) mass is 406 g/mol. The lowest BCUT2D eigenvalue weighted by atomic mass is 10.2. The van der Waals surface area contributed by atoms with Gasteiger partial charge in [0.1, 0.15) is 0 Å². The topological polar surface area (TPSA) is 71.7 Å². The van der Waals surface area contributed by atoms with Crippen molar-refractivity contribution in [2.24, 2.45) is 5.92 Å². The van der Waals surface area contributed by atoms with Crippen molar-refractivity contribution in [1.29, 1.82) is 0 Å². The molecular weight excluding hydrogens is 380 g/mol. The van der Waals surface area contributed by atoms with Gasteiger partial charge in [0.25, 0.3) is 0 Å². The number of ether oxygens (including phenoxy) is 1. The zero-order chi connectivity index (χ0) is 19.9. The summed E-state index contributed by atoms with van der Waals surface area (Å²) < 4.78 is 10.7. The summed E-state index contributed by atoms with van der Waals surface area (Å²) in [5.74, 6) is 1.50. The number of amides is 1. The molecule has 152 valence electrons. The van der Waals surface area contributed by atoms with Crippen LogP contribution in [0.1, 0.15) is 26.2 Å². The van der Waals surface area contributed by atoms with Crippen LogP contribution in [0.5, 0.6) is 0 Å². The molecule has 0 N–H and O–H groups in total. The molecule has 1 amide bonds. The fourth-order valence-electron chi connectivity index (χ4n) is 3.06. The largest absolute Gasteiger partial charge is 0.449 e. The molecule has 2 heterocycles. The Morgan fingerprint density at radius 3 is 2.93 bits per heavy atom. The van der Waals surface area contributed by atoms with Crippen molar-refractivity contribution in [3.63, 3.8) is 0 Å². The Labute approximate surface area is 170 Å². The van der Waals surface area contributed by atoms with Gasteiger partial charge in [-0.25, -0.2) is 4.79 Å². The predicted molar refractivity (Wildman–Crippen MR) is 107 cm³/mol. The highest BCUT2D eigenvalue weighted by molar-refractivity contribution is 6.30. The van der Waals surface area contributed by atoms with Gasteiger partial charge in [-0.05, 0) is 31.0 Å². The Morgan fingerprint density at radius 2 is 2.14 bits per heavy atom. The van der Waals surface area contributed by atoms with Crippen molar-refractivity contribution < 1.29 is 14.1 Å². The molecule has 0 aliphatic carbocycles. The Bertz CT molecular complexity index is 780. The van der Waals surface area contributed by atoms with Crippen LogP contribution in [0.2, 0.25) is 5.02 Å². The minimum Gasteiger partial charge on any atom is -0.449 e. The third kappa shape index (κ3) is 5.94. The van der Waals surface area contributed by atoms with E-state index >= 15 is 0 Å². The molecule has 1 aliphatic rings. The van der Waals surface area contributed by atoms with Gasteiger partial charge in [-0.15, -0.1) is 0 Å². The molecule has 1 aromatic heterocycles. The summed E-state index contributed by atoms with van der Waals surface area (Å²) >= 11 is 6.02. The van der Waals surface area contributed by atoms with Gasteiger partial charge in [0.05, 0.1) is 6.61 Å². The molecule has 1 fully saturated rings. The number of aromatic nitrogens is 2. The average molecular weight is 407 g/mol. The lowest BCUT2D eigenvalue weighted by molar-refractivity contribution is 0.0930. The molecule has 0 bridgehead atoms. The number of nitrogens with zero attached hydrogens (tertiary/aromatic N) is 4. The van der Waals surface area contributed by atoms with Gasteiger partial charge < -0.3 is 19.1 Å². The molecule has 0 unspecified atom stereocenters. The number of carbonyl (C=O) groups excluding carboxylic acids is 1. The summed E-state index contributed by atoms with van der Waals surface area (Å²) in [4.78, 5) is 20.7. The van der Waals surface area contributed by atoms with Crippen LogP contribution >= 0.6 is 11.6 Å². The van der Waals surface area contributed by atoms with Crippen LogP contribution in [-0.4, -0.2) is 65.4 Å². The van der Waals surface area contributed by atoms with E-state index in [0.29, 0.717) is 42.2 Å². The number of hydrogen-bond acceptors (Lipinski definition) is 6. The summed E-state index contributed by atoms with van der Waals surface area (Å²) in [7, 11) is 0. The van der Waals surface area contributed by atoms with Crippen molar-refractivity contribution >= 4 is 17.7 Å². The van der Waals surface area contributed by atoms with Crippen molar-refractivity contribution in [2.45, 2.75) is 26.7 Å². The van der Waals surface area contributed by atoms with Gasteiger partial charge in [0.2, 0.25) is 11.7 Å². The summed E-state index contributed by atoms with van der Waals surface area (Å²) in [5, 5.41) is 4.69. The first-order valence-corrected chi connectivity index (χ1v) is 10.1. The maximum Gasteiger partial charge on any atom is 0.409 e. The molecule has 2 aromatic rings. The molecule has 0 atom stereocenters. The standard InChI is InChI=1S/C20H27ClN4O3/c1-15(2)14-27-20(26)25-9-4-8-24(11-12-25)10-7-18-22-19(23-28-18)16-5-3-6-17(21)13-16/h3,5-6,13,15H,4,7-12,14H2,1-2H3.